The van der Waals surface area contributed by atoms with Crippen LogP contribution in [0, 0.1) is 11.8 Å². The van der Waals surface area contributed by atoms with Crippen LogP contribution in [0.4, 0.5) is 0 Å². The van der Waals surface area contributed by atoms with E-state index in [1.165, 1.54) is 38.1 Å². The number of carbonyl (C=O) groups excluding carboxylic acids is 6. The Morgan fingerprint density at radius 3 is 1.71 bits per heavy atom. The van der Waals surface area contributed by atoms with Gasteiger partial charge in [-0.15, -0.1) is 0 Å². The molecule has 1 rings (SSSR count). The highest BCUT2D eigenvalue weighted by Gasteiger charge is 2.33. The Morgan fingerprint density at radius 2 is 1.17 bits per heavy atom. The Hall–Kier alpha value is -5.50. The topological polar surface area (TPSA) is 349 Å². The molecule has 0 spiro atoms. The SMILES string of the molecule is CC(C)CC(N)C(=O)NC(C)C(=O)NC(C)C(=O)NC(C(=O)NC(CCCN=C(N)N)C(=O)NC(Cc1ccc(O)cc1)C(=O)NC(CCCCN)C(=O)O)C(C)C. The molecule has 7 atom stereocenters. The maximum atomic E-state index is 13.9. The minimum atomic E-state index is -1.33. The summed E-state index contributed by atoms with van der Waals surface area (Å²) in [5.74, 6) is -6.12. The monoisotopic (exact) mass is 819 g/mol. The van der Waals surface area contributed by atoms with Crippen molar-refractivity contribution in [3.8, 4) is 5.75 Å². The summed E-state index contributed by atoms with van der Waals surface area (Å²) in [6, 6.07) is -2.23. The van der Waals surface area contributed by atoms with E-state index in [4.69, 9.17) is 22.9 Å². The van der Waals surface area contributed by atoms with Crippen LogP contribution in [0.3, 0.4) is 0 Å². The molecule has 0 radical (unpaired) electrons. The van der Waals surface area contributed by atoms with Crippen molar-refractivity contribution >= 4 is 47.4 Å². The largest absolute Gasteiger partial charge is 0.508 e. The average molecular weight is 820 g/mol. The zero-order valence-corrected chi connectivity index (χ0v) is 34.4. The summed E-state index contributed by atoms with van der Waals surface area (Å²) in [6.45, 7) is 10.4. The number of aliphatic carboxylic acids is 1. The molecule has 58 heavy (non-hydrogen) atoms. The normalized spacial score (nSPS) is 14.7. The lowest BCUT2D eigenvalue weighted by atomic mass is 10.0. The summed E-state index contributed by atoms with van der Waals surface area (Å²) in [7, 11) is 0. The van der Waals surface area contributed by atoms with Gasteiger partial charge < -0.3 is 65.0 Å². The number of phenolic OH excluding ortho intramolecular Hbond substituents is 1. The fourth-order valence-corrected chi connectivity index (χ4v) is 5.62. The summed E-state index contributed by atoms with van der Waals surface area (Å²) in [6.07, 6.45) is 1.54. The summed E-state index contributed by atoms with van der Waals surface area (Å²) < 4.78 is 0. The van der Waals surface area contributed by atoms with Gasteiger partial charge in [-0.3, -0.25) is 33.8 Å². The number of nitrogens with one attached hydrogen (secondary N) is 6. The number of guanidine groups is 1. The van der Waals surface area contributed by atoms with Gasteiger partial charge in [-0.1, -0.05) is 39.8 Å². The molecule has 0 bridgehead atoms. The first kappa shape index (κ1) is 50.5. The van der Waals surface area contributed by atoms with Crippen LogP contribution in [0.2, 0.25) is 0 Å². The number of rotatable bonds is 26. The predicted octanol–water partition coefficient (Wildman–Crippen LogP) is -1.82. The highest BCUT2D eigenvalue weighted by Crippen LogP contribution is 2.13. The van der Waals surface area contributed by atoms with E-state index >= 15 is 0 Å². The van der Waals surface area contributed by atoms with Crippen molar-refractivity contribution in [1.82, 2.24) is 31.9 Å². The Kier molecular flexibility index (Phi) is 22.4. The molecule has 1 aromatic carbocycles. The molecule has 0 aliphatic heterocycles. The first-order valence-electron chi connectivity index (χ1n) is 19.5. The molecule has 0 heterocycles. The lowest BCUT2D eigenvalue weighted by Crippen LogP contribution is -2.60. The average Bonchev–Trinajstić information content (AvgIpc) is 3.14. The zero-order chi connectivity index (χ0) is 44.1. The zero-order valence-electron chi connectivity index (χ0n) is 34.4. The van der Waals surface area contributed by atoms with Crippen molar-refractivity contribution in [3.05, 3.63) is 29.8 Å². The molecule has 20 nitrogen and oxygen atoms in total. The van der Waals surface area contributed by atoms with Crippen LogP contribution in [0.15, 0.2) is 29.3 Å². The Labute approximate surface area is 339 Å². The van der Waals surface area contributed by atoms with Crippen molar-refractivity contribution in [3.63, 3.8) is 0 Å². The Bertz CT molecular complexity index is 1550. The van der Waals surface area contributed by atoms with Crippen molar-refractivity contribution in [2.45, 2.75) is 129 Å². The fraction of sp³-hybridized carbons (Fsp3) is 0.632. The number of carboxylic acids is 1. The van der Waals surface area contributed by atoms with E-state index in [1.807, 2.05) is 13.8 Å². The number of carboxylic acid groups (broad SMARTS) is 1. The van der Waals surface area contributed by atoms with E-state index in [0.29, 0.717) is 31.4 Å². The molecule has 0 aliphatic rings. The van der Waals surface area contributed by atoms with Crippen LogP contribution in [-0.4, -0.2) is 113 Å². The summed E-state index contributed by atoms with van der Waals surface area (Å²) >= 11 is 0. The van der Waals surface area contributed by atoms with Gasteiger partial charge in [0.05, 0.1) is 6.04 Å². The smallest absolute Gasteiger partial charge is 0.326 e. The number of aromatic hydroxyl groups is 1. The fourth-order valence-electron chi connectivity index (χ4n) is 5.62. The molecule has 326 valence electrons. The number of hydrogen-bond donors (Lipinski definition) is 12. The molecule has 0 fully saturated rings. The van der Waals surface area contributed by atoms with Gasteiger partial charge in [0.25, 0.3) is 0 Å². The maximum Gasteiger partial charge on any atom is 0.326 e. The molecular formula is C38H65N11O9. The number of unbranched alkanes of at least 4 members (excludes halogenated alkanes) is 1. The number of nitrogens with two attached hydrogens (primary N) is 4. The van der Waals surface area contributed by atoms with E-state index in [-0.39, 0.29) is 49.9 Å². The van der Waals surface area contributed by atoms with Crippen LogP contribution in [0.25, 0.3) is 0 Å². The highest BCUT2D eigenvalue weighted by atomic mass is 16.4. The number of benzene rings is 1. The van der Waals surface area contributed by atoms with Crippen LogP contribution >= 0.6 is 0 Å². The second kappa shape index (κ2) is 25.7. The van der Waals surface area contributed by atoms with Crippen LogP contribution < -0.4 is 54.8 Å². The molecule has 20 heteroatoms. The molecule has 6 amide bonds. The molecule has 16 N–H and O–H groups in total. The number of aliphatic imine (C=N–C) groups is 1. The van der Waals surface area contributed by atoms with Crippen LogP contribution in [0.1, 0.15) is 85.6 Å². The maximum absolute atomic E-state index is 13.9. The molecule has 0 saturated carbocycles. The molecule has 7 unspecified atom stereocenters. The Balaban J connectivity index is 3.26. The van der Waals surface area contributed by atoms with Crippen LogP contribution in [-0.2, 0) is 40.0 Å². The highest BCUT2D eigenvalue weighted by molar-refractivity contribution is 5.97. The van der Waals surface area contributed by atoms with E-state index in [2.05, 4.69) is 36.9 Å². The van der Waals surface area contributed by atoms with E-state index in [1.54, 1.807) is 13.8 Å². The second-order valence-electron chi connectivity index (χ2n) is 15.1. The van der Waals surface area contributed by atoms with E-state index in [0.717, 1.165) is 0 Å². The lowest BCUT2D eigenvalue weighted by Gasteiger charge is -2.28. The van der Waals surface area contributed by atoms with Crippen molar-refractivity contribution < 1.29 is 43.8 Å². The minimum Gasteiger partial charge on any atom is -0.508 e. The summed E-state index contributed by atoms with van der Waals surface area (Å²) in [5.41, 5.74) is 22.9. The third kappa shape index (κ3) is 19.1. The number of amides is 6. The third-order valence-corrected chi connectivity index (χ3v) is 8.96. The molecule has 1 aromatic rings. The first-order chi connectivity index (χ1) is 27.2. The van der Waals surface area contributed by atoms with Gasteiger partial charge in [-0.25, -0.2) is 4.79 Å². The summed E-state index contributed by atoms with van der Waals surface area (Å²) in [4.78, 5) is 95.7. The number of carbonyl (C=O) groups is 7. The quantitative estimate of drug-likeness (QED) is 0.0279. The lowest BCUT2D eigenvalue weighted by molar-refractivity contribution is -0.142. The first-order valence-corrected chi connectivity index (χ1v) is 19.5. The van der Waals surface area contributed by atoms with Gasteiger partial charge in [0, 0.05) is 13.0 Å². The molecular weight excluding hydrogens is 754 g/mol. The van der Waals surface area contributed by atoms with Crippen molar-refractivity contribution in [2.24, 2.45) is 39.8 Å². The van der Waals surface area contributed by atoms with Crippen molar-refractivity contribution in [2.75, 3.05) is 13.1 Å². The Morgan fingerprint density at radius 1 is 0.655 bits per heavy atom. The minimum absolute atomic E-state index is 0.0194. The second-order valence-corrected chi connectivity index (χ2v) is 15.1. The number of hydrogen-bond acceptors (Lipinski definition) is 11. The van der Waals surface area contributed by atoms with E-state index < -0.39 is 89.6 Å². The van der Waals surface area contributed by atoms with Gasteiger partial charge in [0.1, 0.15) is 42.0 Å². The third-order valence-electron chi connectivity index (χ3n) is 8.96. The standard InChI is InChI=1S/C38H65N11O9/c1-20(2)18-26(40)33(53)45-22(5)31(51)44-23(6)32(52)49-30(21(3)4)36(56)46-27(11-9-17-43-38(41)42)34(54)48-29(19-24-12-14-25(50)15-13-24)35(55)47-28(37(57)58)10-7-8-16-39/h12-15,20-23,26-30,50H,7-11,16-19,39-40H2,1-6H3,(H,44,51)(H,45,53)(H,46,56)(H,47,55)(H,48,54)(H,49,52)(H,57,58)(H4,41,42,43). The molecule has 0 aliphatic carbocycles. The van der Waals surface area contributed by atoms with Crippen molar-refractivity contribution in [1.29, 1.82) is 0 Å². The number of nitrogens with zero attached hydrogens (tertiary/aromatic N) is 1. The van der Waals surface area contributed by atoms with Gasteiger partial charge in [0.15, 0.2) is 5.96 Å². The number of phenols is 1. The van der Waals surface area contributed by atoms with Gasteiger partial charge in [0.2, 0.25) is 35.4 Å². The van der Waals surface area contributed by atoms with Crippen LogP contribution in [0.5, 0.6) is 5.75 Å². The van der Waals surface area contributed by atoms with E-state index in [9.17, 15) is 43.8 Å². The predicted molar refractivity (Wildman–Crippen MR) is 217 cm³/mol. The van der Waals surface area contributed by atoms with Gasteiger partial charge in [-0.05, 0) is 88.4 Å². The van der Waals surface area contributed by atoms with Gasteiger partial charge >= 0.3 is 5.97 Å². The molecule has 0 saturated heterocycles. The van der Waals surface area contributed by atoms with Gasteiger partial charge in [-0.2, -0.15) is 0 Å². The summed E-state index contributed by atoms with van der Waals surface area (Å²) in [5, 5.41) is 35.0. The molecule has 0 aromatic heterocycles.